The fourth-order valence-electron chi connectivity index (χ4n) is 4.13. The number of hydrogen-bond donors (Lipinski definition) is 1. The molecule has 3 rings (SSSR count). The van der Waals surface area contributed by atoms with Gasteiger partial charge in [-0.3, -0.25) is 14.4 Å². The van der Waals surface area contributed by atoms with E-state index in [0.29, 0.717) is 52.1 Å². The largest absolute Gasteiger partial charge is 0.481 e. The normalized spacial score (nSPS) is 18.7. The van der Waals surface area contributed by atoms with E-state index >= 15 is 0 Å². The lowest BCUT2D eigenvalue weighted by Gasteiger charge is -2.39. The molecule has 0 unspecified atom stereocenters. The Kier molecular flexibility index (Phi) is 6.15. The van der Waals surface area contributed by atoms with Gasteiger partial charge in [0.15, 0.2) is 0 Å². The highest BCUT2D eigenvalue weighted by molar-refractivity contribution is 6.35. The molecule has 29 heavy (non-hydrogen) atoms. The van der Waals surface area contributed by atoms with Crippen molar-refractivity contribution in [2.24, 2.45) is 5.92 Å². The Morgan fingerprint density at radius 1 is 0.862 bits per heavy atom. The molecule has 2 amide bonds. The lowest BCUT2D eigenvalue weighted by molar-refractivity contribution is -0.154. The van der Waals surface area contributed by atoms with E-state index < -0.39 is 23.7 Å². The highest BCUT2D eigenvalue weighted by Gasteiger charge is 2.33. The van der Waals surface area contributed by atoms with Gasteiger partial charge in [0.2, 0.25) is 0 Å². The maximum absolute atomic E-state index is 12.7. The van der Waals surface area contributed by atoms with Crippen LogP contribution in [0.3, 0.4) is 0 Å². The minimum atomic E-state index is -0.824. The Morgan fingerprint density at radius 2 is 1.38 bits per heavy atom. The van der Waals surface area contributed by atoms with Crippen LogP contribution in [0.15, 0.2) is 24.3 Å². The van der Waals surface area contributed by atoms with E-state index in [1.165, 1.54) is 16.2 Å². The molecule has 2 aliphatic rings. The second-order valence-electron chi connectivity index (χ2n) is 8.95. The summed E-state index contributed by atoms with van der Waals surface area (Å²) >= 11 is 0. The summed E-state index contributed by atoms with van der Waals surface area (Å²) in [5.74, 6) is -2.21. The molecule has 1 N–H and O–H groups in total. The molecule has 0 aromatic heterocycles. The fourth-order valence-corrected chi connectivity index (χ4v) is 4.13. The average molecular weight is 402 g/mol. The molecule has 2 heterocycles. The number of carbonyl (C=O) groups excluding carboxylic acids is 2. The van der Waals surface area contributed by atoms with E-state index in [4.69, 9.17) is 5.11 Å². The topological polar surface area (TPSA) is 81.2 Å². The number of amides is 2. The third-order valence-corrected chi connectivity index (χ3v) is 5.93. The Hall–Kier alpha value is -2.57. The van der Waals surface area contributed by atoms with Crippen molar-refractivity contribution in [3.05, 3.63) is 29.8 Å². The molecule has 0 bridgehead atoms. The fraction of sp³-hybridized carbons (Fsp3) is 0.591. The van der Waals surface area contributed by atoms with Gasteiger partial charge in [-0.25, -0.2) is 0 Å². The number of anilines is 1. The number of hydrogen-bond acceptors (Lipinski definition) is 4. The first kappa shape index (κ1) is 21.1. The van der Waals surface area contributed by atoms with E-state index in [9.17, 15) is 14.4 Å². The number of carboxylic acid groups (broad SMARTS) is 1. The molecule has 0 saturated carbocycles. The van der Waals surface area contributed by atoms with Crippen molar-refractivity contribution in [2.45, 2.75) is 39.0 Å². The van der Waals surface area contributed by atoms with Gasteiger partial charge in [-0.15, -0.1) is 0 Å². The number of benzene rings is 1. The van der Waals surface area contributed by atoms with Gasteiger partial charge in [0.05, 0.1) is 5.92 Å². The van der Waals surface area contributed by atoms with Gasteiger partial charge in [0.25, 0.3) is 0 Å². The minimum absolute atomic E-state index is 0.0294. The zero-order valence-corrected chi connectivity index (χ0v) is 17.6. The molecule has 7 heteroatoms. The number of likely N-dealkylation sites (tertiary alicyclic amines) is 1. The second-order valence-corrected chi connectivity index (χ2v) is 8.95. The molecular formula is C22H31N3O4. The average Bonchev–Trinajstić information content (AvgIpc) is 2.72. The summed E-state index contributed by atoms with van der Waals surface area (Å²) in [7, 11) is 0. The second kappa shape index (κ2) is 8.43. The highest BCUT2D eigenvalue weighted by Crippen LogP contribution is 2.32. The predicted molar refractivity (Wildman–Crippen MR) is 111 cm³/mol. The Balaban J connectivity index is 1.58. The van der Waals surface area contributed by atoms with E-state index in [2.05, 4.69) is 43.9 Å². The van der Waals surface area contributed by atoms with Crippen molar-refractivity contribution in [1.29, 1.82) is 0 Å². The summed E-state index contributed by atoms with van der Waals surface area (Å²) in [6, 6.07) is 8.36. The molecule has 1 aromatic rings. The van der Waals surface area contributed by atoms with E-state index in [0.717, 1.165) is 0 Å². The van der Waals surface area contributed by atoms with Gasteiger partial charge < -0.3 is 19.8 Å². The van der Waals surface area contributed by atoms with Crippen LogP contribution in [-0.2, 0) is 19.8 Å². The quantitative estimate of drug-likeness (QED) is 0.766. The zero-order valence-electron chi connectivity index (χ0n) is 17.6. The molecule has 2 saturated heterocycles. The smallest absolute Gasteiger partial charge is 0.312 e. The van der Waals surface area contributed by atoms with E-state index in [1.807, 2.05) is 6.07 Å². The molecule has 1 aromatic carbocycles. The van der Waals surface area contributed by atoms with Gasteiger partial charge >= 0.3 is 17.8 Å². The Morgan fingerprint density at radius 3 is 1.90 bits per heavy atom. The summed E-state index contributed by atoms with van der Waals surface area (Å²) < 4.78 is 0. The van der Waals surface area contributed by atoms with Crippen LogP contribution in [0.5, 0.6) is 0 Å². The van der Waals surface area contributed by atoms with Crippen molar-refractivity contribution >= 4 is 23.5 Å². The van der Waals surface area contributed by atoms with Crippen LogP contribution in [0.2, 0.25) is 0 Å². The molecule has 2 aliphatic heterocycles. The molecule has 0 radical (unpaired) electrons. The maximum Gasteiger partial charge on any atom is 0.312 e. The third-order valence-electron chi connectivity index (χ3n) is 5.93. The summed E-state index contributed by atoms with van der Waals surface area (Å²) in [6.07, 6.45) is 0.817. The monoisotopic (exact) mass is 401 g/mol. The lowest BCUT2D eigenvalue weighted by Crippen LogP contribution is -2.54. The molecule has 158 valence electrons. The SMILES string of the molecule is CC(C)(C)c1ccccc1N1CCN(C(=O)C(=O)N2CCC(C(=O)O)CC2)CC1. The van der Waals surface area contributed by atoms with Crippen LogP contribution in [0.1, 0.15) is 39.2 Å². The number of piperazine rings is 1. The number of nitrogens with zero attached hydrogens (tertiary/aromatic N) is 3. The standard InChI is InChI=1S/C22H31N3O4/c1-22(2,3)17-6-4-5-7-18(17)23-12-14-25(15-13-23)20(27)19(26)24-10-8-16(9-11-24)21(28)29/h4-7,16H,8-15H2,1-3H3,(H,28,29). The van der Waals surface area contributed by atoms with Crippen molar-refractivity contribution in [2.75, 3.05) is 44.2 Å². The summed E-state index contributed by atoms with van der Waals surface area (Å²) in [4.78, 5) is 41.7. The number of carboxylic acids is 1. The van der Waals surface area contributed by atoms with Gasteiger partial charge in [0.1, 0.15) is 0 Å². The molecule has 7 nitrogen and oxygen atoms in total. The summed E-state index contributed by atoms with van der Waals surface area (Å²) in [5.41, 5.74) is 2.49. The first-order valence-electron chi connectivity index (χ1n) is 10.3. The molecule has 0 aliphatic carbocycles. The van der Waals surface area contributed by atoms with Gasteiger partial charge in [-0.1, -0.05) is 39.0 Å². The van der Waals surface area contributed by atoms with E-state index in [-0.39, 0.29) is 5.41 Å². The summed E-state index contributed by atoms with van der Waals surface area (Å²) in [5, 5.41) is 9.08. The molecular weight excluding hydrogens is 370 g/mol. The van der Waals surface area contributed by atoms with Crippen LogP contribution in [0.25, 0.3) is 0 Å². The van der Waals surface area contributed by atoms with Crippen LogP contribution < -0.4 is 4.90 Å². The molecule has 0 atom stereocenters. The highest BCUT2D eigenvalue weighted by atomic mass is 16.4. The Labute approximate surface area is 172 Å². The first-order valence-corrected chi connectivity index (χ1v) is 10.3. The zero-order chi connectivity index (χ0) is 21.2. The van der Waals surface area contributed by atoms with Gasteiger partial charge in [0, 0.05) is 45.0 Å². The Bertz CT molecular complexity index is 771. The maximum atomic E-state index is 12.7. The molecule has 2 fully saturated rings. The van der Waals surface area contributed by atoms with Crippen molar-refractivity contribution in [1.82, 2.24) is 9.80 Å². The van der Waals surface area contributed by atoms with Crippen molar-refractivity contribution in [3.63, 3.8) is 0 Å². The lowest BCUT2D eigenvalue weighted by atomic mass is 9.85. The van der Waals surface area contributed by atoms with Crippen LogP contribution in [-0.4, -0.2) is 72.0 Å². The third kappa shape index (κ3) is 4.71. The number of aliphatic carboxylic acids is 1. The van der Waals surface area contributed by atoms with Crippen molar-refractivity contribution in [3.8, 4) is 0 Å². The number of rotatable bonds is 2. The van der Waals surface area contributed by atoms with Crippen LogP contribution in [0, 0.1) is 5.92 Å². The summed E-state index contributed by atoms with van der Waals surface area (Å²) in [6.45, 7) is 9.64. The van der Waals surface area contributed by atoms with Crippen LogP contribution >= 0.6 is 0 Å². The molecule has 0 spiro atoms. The minimum Gasteiger partial charge on any atom is -0.481 e. The first-order chi connectivity index (χ1) is 13.7. The number of piperidine rings is 1. The number of carbonyl (C=O) groups is 3. The van der Waals surface area contributed by atoms with E-state index in [1.54, 1.807) is 4.90 Å². The van der Waals surface area contributed by atoms with Gasteiger partial charge in [-0.2, -0.15) is 0 Å². The number of para-hydroxylation sites is 1. The van der Waals surface area contributed by atoms with Crippen LogP contribution in [0.4, 0.5) is 5.69 Å². The van der Waals surface area contributed by atoms with Gasteiger partial charge in [-0.05, 0) is 29.9 Å². The predicted octanol–water partition coefficient (Wildman–Crippen LogP) is 1.96. The van der Waals surface area contributed by atoms with Crippen molar-refractivity contribution < 1.29 is 19.5 Å².